The van der Waals surface area contributed by atoms with Gasteiger partial charge in [-0.05, 0) is 42.2 Å². The van der Waals surface area contributed by atoms with E-state index in [4.69, 9.17) is 0 Å². The van der Waals surface area contributed by atoms with Crippen LogP contribution >= 0.6 is 0 Å². The lowest BCUT2D eigenvalue weighted by atomic mass is 10.1. The van der Waals surface area contributed by atoms with Crippen LogP contribution in [0.3, 0.4) is 0 Å². The van der Waals surface area contributed by atoms with Gasteiger partial charge in [0, 0.05) is 18.7 Å². The number of rotatable bonds is 8. The molecule has 3 rings (SSSR count). The van der Waals surface area contributed by atoms with Crippen LogP contribution in [0.5, 0.6) is 0 Å². The largest absolute Gasteiger partial charge is 0.352 e. The maximum Gasteiger partial charge on any atom is 0.251 e. The zero-order valence-corrected chi connectivity index (χ0v) is 17.1. The van der Waals surface area contributed by atoms with Crippen LogP contribution in [0.2, 0.25) is 0 Å². The standard InChI is InChI=1S/C23H24N2O3S/c1-18-12-13-21(23(26)24-15-14-19-8-4-2-5-9-19)16-22(18)29(27,28)25-17-20-10-6-3-7-11-20/h2-13,16,25H,14-15,17H2,1H3,(H,24,26). The molecule has 150 valence electrons. The maximum atomic E-state index is 12.8. The molecule has 0 unspecified atom stereocenters. The Balaban J connectivity index is 1.67. The van der Waals surface area contributed by atoms with Gasteiger partial charge < -0.3 is 5.32 Å². The fourth-order valence-electron chi connectivity index (χ4n) is 2.95. The molecule has 0 bridgehead atoms. The van der Waals surface area contributed by atoms with Gasteiger partial charge in [0.15, 0.2) is 0 Å². The molecule has 29 heavy (non-hydrogen) atoms. The Morgan fingerprint density at radius 3 is 2.14 bits per heavy atom. The Bertz CT molecular complexity index is 1070. The van der Waals surface area contributed by atoms with E-state index < -0.39 is 10.0 Å². The van der Waals surface area contributed by atoms with Crippen LogP contribution in [0.15, 0.2) is 83.8 Å². The van der Waals surface area contributed by atoms with Crippen LogP contribution in [0.1, 0.15) is 27.0 Å². The highest BCUT2D eigenvalue weighted by molar-refractivity contribution is 7.89. The number of hydrogen-bond donors (Lipinski definition) is 2. The summed E-state index contributed by atoms with van der Waals surface area (Å²) in [4.78, 5) is 12.6. The van der Waals surface area contributed by atoms with Gasteiger partial charge in [0.25, 0.3) is 5.91 Å². The minimum absolute atomic E-state index is 0.115. The monoisotopic (exact) mass is 408 g/mol. The van der Waals surface area contributed by atoms with E-state index in [0.717, 1.165) is 11.1 Å². The zero-order chi connectivity index (χ0) is 20.7. The van der Waals surface area contributed by atoms with Gasteiger partial charge in [-0.25, -0.2) is 13.1 Å². The van der Waals surface area contributed by atoms with E-state index in [1.807, 2.05) is 60.7 Å². The number of carbonyl (C=O) groups is 1. The molecule has 0 aliphatic rings. The second-order valence-corrected chi connectivity index (χ2v) is 8.52. The Labute approximate surface area is 171 Å². The van der Waals surface area contributed by atoms with Crippen LogP contribution in [-0.2, 0) is 23.0 Å². The minimum atomic E-state index is -3.74. The van der Waals surface area contributed by atoms with Crippen LogP contribution < -0.4 is 10.0 Å². The van der Waals surface area contributed by atoms with Gasteiger partial charge in [-0.3, -0.25) is 4.79 Å². The van der Waals surface area contributed by atoms with Crippen molar-refractivity contribution < 1.29 is 13.2 Å². The molecule has 0 aliphatic carbocycles. The van der Waals surface area contributed by atoms with Gasteiger partial charge in [0.1, 0.15) is 0 Å². The molecule has 0 saturated carbocycles. The topological polar surface area (TPSA) is 75.3 Å². The van der Waals surface area contributed by atoms with Crippen molar-refractivity contribution in [1.29, 1.82) is 0 Å². The first-order chi connectivity index (χ1) is 14.0. The first kappa shape index (κ1) is 20.8. The van der Waals surface area contributed by atoms with Gasteiger partial charge in [-0.15, -0.1) is 0 Å². The number of nitrogens with one attached hydrogen (secondary N) is 2. The molecule has 6 heteroatoms. The Kier molecular flexibility index (Phi) is 6.80. The number of benzene rings is 3. The number of carbonyl (C=O) groups excluding carboxylic acids is 1. The van der Waals surface area contributed by atoms with Crippen molar-refractivity contribution in [1.82, 2.24) is 10.0 Å². The maximum absolute atomic E-state index is 12.8. The average molecular weight is 409 g/mol. The van der Waals surface area contributed by atoms with E-state index in [1.165, 1.54) is 6.07 Å². The van der Waals surface area contributed by atoms with Crippen LogP contribution in [-0.4, -0.2) is 20.9 Å². The number of amides is 1. The SMILES string of the molecule is Cc1ccc(C(=O)NCCc2ccccc2)cc1S(=O)(=O)NCc1ccccc1. The predicted octanol–water partition coefficient (Wildman–Crippen LogP) is 3.45. The molecule has 0 heterocycles. The summed E-state index contributed by atoms with van der Waals surface area (Å²) in [7, 11) is -3.74. The van der Waals surface area contributed by atoms with Crippen molar-refractivity contribution >= 4 is 15.9 Å². The normalized spacial score (nSPS) is 11.2. The smallest absolute Gasteiger partial charge is 0.251 e. The summed E-state index contributed by atoms with van der Waals surface area (Å²) in [6.07, 6.45) is 0.711. The minimum Gasteiger partial charge on any atom is -0.352 e. The lowest BCUT2D eigenvalue weighted by Gasteiger charge is -2.12. The van der Waals surface area contributed by atoms with Gasteiger partial charge in [0.05, 0.1) is 4.90 Å². The van der Waals surface area contributed by atoms with E-state index in [1.54, 1.807) is 19.1 Å². The molecule has 0 fully saturated rings. The Hall–Kier alpha value is -2.96. The van der Waals surface area contributed by atoms with Gasteiger partial charge in [0.2, 0.25) is 10.0 Å². The van der Waals surface area contributed by atoms with Gasteiger partial charge in [-0.2, -0.15) is 0 Å². The van der Waals surface area contributed by atoms with Gasteiger partial charge >= 0.3 is 0 Å². The highest BCUT2D eigenvalue weighted by Gasteiger charge is 2.19. The third-order valence-corrected chi connectivity index (χ3v) is 6.13. The fraction of sp³-hybridized carbons (Fsp3) is 0.174. The Morgan fingerprint density at radius 1 is 0.862 bits per heavy atom. The molecule has 2 N–H and O–H groups in total. The molecule has 0 spiro atoms. The van der Waals surface area contributed by atoms with E-state index in [2.05, 4.69) is 10.0 Å². The van der Waals surface area contributed by atoms with Crippen molar-refractivity contribution in [3.05, 3.63) is 101 Å². The van der Waals surface area contributed by atoms with Crippen molar-refractivity contribution in [2.75, 3.05) is 6.54 Å². The molecule has 5 nitrogen and oxygen atoms in total. The molecule has 0 aromatic heterocycles. The summed E-state index contributed by atoms with van der Waals surface area (Å²) < 4.78 is 28.1. The lowest BCUT2D eigenvalue weighted by Crippen LogP contribution is -2.27. The predicted molar refractivity (Wildman–Crippen MR) is 114 cm³/mol. The summed E-state index contributed by atoms with van der Waals surface area (Å²) in [6.45, 7) is 2.38. The third kappa shape index (κ3) is 5.76. The molecule has 0 saturated heterocycles. The summed E-state index contributed by atoms with van der Waals surface area (Å²) in [5.41, 5.74) is 2.91. The first-order valence-electron chi connectivity index (χ1n) is 9.42. The molecule has 0 atom stereocenters. The summed E-state index contributed by atoms with van der Waals surface area (Å²) in [5.74, 6) is -0.291. The highest BCUT2D eigenvalue weighted by Crippen LogP contribution is 2.17. The molecule has 1 amide bonds. The summed E-state index contributed by atoms with van der Waals surface area (Å²) in [6, 6.07) is 23.9. The molecule has 3 aromatic rings. The molecular formula is C23H24N2O3S. The molecular weight excluding hydrogens is 384 g/mol. The van der Waals surface area contributed by atoms with Crippen molar-refractivity contribution in [2.24, 2.45) is 0 Å². The first-order valence-corrected chi connectivity index (χ1v) is 10.9. The second kappa shape index (κ2) is 9.49. The fourth-order valence-corrected chi connectivity index (χ4v) is 4.24. The van der Waals surface area contributed by atoms with Gasteiger partial charge in [-0.1, -0.05) is 66.7 Å². The van der Waals surface area contributed by atoms with Crippen LogP contribution in [0.25, 0.3) is 0 Å². The quantitative estimate of drug-likeness (QED) is 0.599. The van der Waals surface area contributed by atoms with Crippen molar-refractivity contribution in [3.63, 3.8) is 0 Å². The number of sulfonamides is 1. The number of hydrogen-bond acceptors (Lipinski definition) is 3. The number of aryl methyl sites for hydroxylation is 1. The zero-order valence-electron chi connectivity index (χ0n) is 16.3. The van der Waals surface area contributed by atoms with Crippen molar-refractivity contribution in [3.8, 4) is 0 Å². The molecule has 0 radical (unpaired) electrons. The summed E-state index contributed by atoms with van der Waals surface area (Å²) in [5, 5.41) is 2.85. The van der Waals surface area contributed by atoms with E-state index in [9.17, 15) is 13.2 Å². The van der Waals surface area contributed by atoms with E-state index in [-0.39, 0.29) is 17.3 Å². The third-order valence-electron chi connectivity index (χ3n) is 4.59. The molecule has 3 aromatic carbocycles. The van der Waals surface area contributed by atoms with Crippen molar-refractivity contribution in [2.45, 2.75) is 24.8 Å². The lowest BCUT2D eigenvalue weighted by molar-refractivity contribution is 0.0954. The average Bonchev–Trinajstić information content (AvgIpc) is 2.74. The van der Waals surface area contributed by atoms with E-state index >= 15 is 0 Å². The van der Waals surface area contributed by atoms with Crippen LogP contribution in [0.4, 0.5) is 0 Å². The Morgan fingerprint density at radius 2 is 1.48 bits per heavy atom. The van der Waals surface area contributed by atoms with Crippen LogP contribution in [0, 0.1) is 6.92 Å². The van der Waals surface area contributed by atoms with E-state index in [0.29, 0.717) is 24.1 Å². The second-order valence-electron chi connectivity index (χ2n) is 6.78. The summed E-state index contributed by atoms with van der Waals surface area (Å²) >= 11 is 0. The highest BCUT2D eigenvalue weighted by atomic mass is 32.2. The molecule has 0 aliphatic heterocycles.